The van der Waals surface area contributed by atoms with Crippen molar-refractivity contribution in [1.29, 1.82) is 0 Å². The van der Waals surface area contributed by atoms with Crippen molar-refractivity contribution in [2.45, 2.75) is 26.3 Å². The predicted octanol–water partition coefficient (Wildman–Crippen LogP) is 3.75. The molecule has 0 bridgehead atoms. The summed E-state index contributed by atoms with van der Waals surface area (Å²) < 4.78 is 1.89. The van der Waals surface area contributed by atoms with E-state index in [-0.39, 0.29) is 5.91 Å². The highest BCUT2D eigenvalue weighted by Crippen LogP contribution is 2.15. The third kappa shape index (κ3) is 4.15. The van der Waals surface area contributed by atoms with Gasteiger partial charge in [-0.1, -0.05) is 35.9 Å². The van der Waals surface area contributed by atoms with Gasteiger partial charge >= 0.3 is 0 Å². The largest absolute Gasteiger partial charge is 0.356 e. The molecule has 1 aromatic heterocycles. The van der Waals surface area contributed by atoms with Gasteiger partial charge in [0.25, 0.3) is 0 Å². The summed E-state index contributed by atoms with van der Waals surface area (Å²) in [5.74, 6) is 0.0355. The fourth-order valence-corrected chi connectivity index (χ4v) is 2.91. The first kappa shape index (κ1) is 16.5. The Kier molecular flexibility index (Phi) is 5.16. The number of hydrogen-bond donors (Lipinski definition) is 1. The molecule has 124 valence electrons. The van der Waals surface area contributed by atoms with E-state index in [1.54, 1.807) is 0 Å². The number of aryl methyl sites for hydroxylation is 2. The number of halogens is 1. The van der Waals surface area contributed by atoms with Crippen LogP contribution in [0.1, 0.15) is 17.5 Å². The number of rotatable bonds is 6. The van der Waals surface area contributed by atoms with Crippen LogP contribution in [0, 0.1) is 6.92 Å². The zero-order valence-corrected chi connectivity index (χ0v) is 14.4. The van der Waals surface area contributed by atoms with Crippen LogP contribution in [0.4, 0.5) is 0 Å². The van der Waals surface area contributed by atoms with Crippen LogP contribution in [-0.4, -0.2) is 22.2 Å². The van der Waals surface area contributed by atoms with Crippen molar-refractivity contribution in [2.75, 3.05) is 6.54 Å². The lowest BCUT2D eigenvalue weighted by Crippen LogP contribution is -2.26. The van der Waals surface area contributed by atoms with Gasteiger partial charge in [-0.3, -0.25) is 9.48 Å². The van der Waals surface area contributed by atoms with Gasteiger partial charge in [0.15, 0.2) is 0 Å². The van der Waals surface area contributed by atoms with Crippen molar-refractivity contribution in [3.63, 3.8) is 0 Å². The number of aromatic nitrogens is 2. The molecule has 1 heterocycles. The number of nitrogens with zero attached hydrogens (tertiary/aromatic N) is 2. The molecule has 3 rings (SSSR count). The standard InChI is InChI=1S/C19H20ClN3O/c1-14-5-6-16-13-22-23(18(16)11-14)10-8-19(24)21-9-7-15-3-2-4-17(20)12-15/h2-6,11-13H,7-10H2,1H3,(H,21,24). The van der Waals surface area contributed by atoms with Crippen LogP contribution < -0.4 is 5.32 Å². The van der Waals surface area contributed by atoms with Gasteiger partial charge in [0.2, 0.25) is 5.91 Å². The van der Waals surface area contributed by atoms with Crippen molar-refractivity contribution in [3.8, 4) is 0 Å². The van der Waals surface area contributed by atoms with Crippen molar-refractivity contribution in [2.24, 2.45) is 0 Å². The Morgan fingerprint density at radius 1 is 1.25 bits per heavy atom. The predicted molar refractivity (Wildman–Crippen MR) is 97.3 cm³/mol. The van der Waals surface area contributed by atoms with Gasteiger partial charge in [-0.2, -0.15) is 5.10 Å². The van der Waals surface area contributed by atoms with E-state index in [0.29, 0.717) is 19.5 Å². The van der Waals surface area contributed by atoms with Crippen molar-refractivity contribution < 1.29 is 4.79 Å². The third-order valence-electron chi connectivity index (χ3n) is 3.98. The van der Waals surface area contributed by atoms with E-state index in [1.165, 1.54) is 5.56 Å². The Labute approximate surface area is 146 Å². The molecule has 0 unspecified atom stereocenters. The van der Waals surface area contributed by atoms with E-state index in [1.807, 2.05) is 35.1 Å². The van der Waals surface area contributed by atoms with Crippen LogP contribution in [0.2, 0.25) is 5.02 Å². The summed E-state index contributed by atoms with van der Waals surface area (Å²) >= 11 is 5.95. The van der Waals surface area contributed by atoms with E-state index in [0.717, 1.165) is 27.9 Å². The van der Waals surface area contributed by atoms with Crippen molar-refractivity contribution in [3.05, 3.63) is 64.8 Å². The molecule has 0 saturated heterocycles. The molecular formula is C19H20ClN3O. The molecule has 2 aromatic carbocycles. The first-order chi connectivity index (χ1) is 11.6. The lowest BCUT2D eigenvalue weighted by atomic mass is 10.1. The maximum absolute atomic E-state index is 12.0. The molecule has 3 aromatic rings. The fraction of sp³-hybridized carbons (Fsp3) is 0.263. The second-order valence-electron chi connectivity index (χ2n) is 5.91. The molecule has 0 spiro atoms. The van der Waals surface area contributed by atoms with Gasteiger partial charge in [0, 0.05) is 23.4 Å². The average Bonchev–Trinajstić information content (AvgIpc) is 2.95. The van der Waals surface area contributed by atoms with Gasteiger partial charge in [0.1, 0.15) is 0 Å². The maximum Gasteiger partial charge on any atom is 0.221 e. The highest BCUT2D eigenvalue weighted by atomic mass is 35.5. The quantitative estimate of drug-likeness (QED) is 0.742. The van der Waals surface area contributed by atoms with Crippen LogP contribution in [-0.2, 0) is 17.8 Å². The molecule has 0 radical (unpaired) electrons. The smallest absolute Gasteiger partial charge is 0.221 e. The lowest BCUT2D eigenvalue weighted by Gasteiger charge is -2.07. The Morgan fingerprint density at radius 2 is 2.12 bits per heavy atom. The van der Waals surface area contributed by atoms with Crippen LogP contribution in [0.3, 0.4) is 0 Å². The number of hydrogen-bond acceptors (Lipinski definition) is 2. The Hall–Kier alpha value is -2.33. The van der Waals surface area contributed by atoms with E-state index >= 15 is 0 Å². The monoisotopic (exact) mass is 341 g/mol. The molecule has 0 saturated carbocycles. The van der Waals surface area contributed by atoms with E-state index in [4.69, 9.17) is 11.6 Å². The highest BCUT2D eigenvalue weighted by Gasteiger charge is 2.06. The molecule has 0 atom stereocenters. The third-order valence-corrected chi connectivity index (χ3v) is 4.21. The summed E-state index contributed by atoms with van der Waals surface area (Å²) in [6.45, 7) is 3.24. The number of benzene rings is 2. The van der Waals surface area contributed by atoms with Crippen molar-refractivity contribution in [1.82, 2.24) is 15.1 Å². The molecule has 0 aliphatic heterocycles. The minimum absolute atomic E-state index is 0.0355. The van der Waals surface area contributed by atoms with E-state index < -0.39 is 0 Å². The van der Waals surface area contributed by atoms with Gasteiger partial charge < -0.3 is 5.32 Å². The number of amides is 1. The molecule has 24 heavy (non-hydrogen) atoms. The molecule has 0 aliphatic rings. The van der Waals surface area contributed by atoms with Crippen molar-refractivity contribution >= 4 is 28.4 Å². The fourth-order valence-electron chi connectivity index (χ4n) is 2.69. The minimum atomic E-state index is 0.0355. The normalized spacial score (nSPS) is 10.9. The molecular weight excluding hydrogens is 322 g/mol. The SMILES string of the molecule is Cc1ccc2cnn(CCC(=O)NCCc3cccc(Cl)c3)c2c1. The van der Waals surface area contributed by atoms with E-state index in [9.17, 15) is 4.79 Å². The van der Waals surface area contributed by atoms with Gasteiger partial charge in [0.05, 0.1) is 18.3 Å². The highest BCUT2D eigenvalue weighted by molar-refractivity contribution is 6.30. The topological polar surface area (TPSA) is 46.9 Å². The number of nitrogens with one attached hydrogen (secondary N) is 1. The summed E-state index contributed by atoms with van der Waals surface area (Å²) in [5, 5.41) is 9.14. The Balaban J connectivity index is 1.49. The van der Waals surface area contributed by atoms with Gasteiger partial charge in [-0.25, -0.2) is 0 Å². The summed E-state index contributed by atoms with van der Waals surface area (Å²) in [4.78, 5) is 12.0. The van der Waals surface area contributed by atoms with Crippen LogP contribution in [0.15, 0.2) is 48.7 Å². The Bertz CT molecular complexity index is 857. The molecule has 0 fully saturated rings. The first-order valence-corrected chi connectivity index (χ1v) is 8.43. The summed E-state index contributed by atoms with van der Waals surface area (Å²) in [6, 6.07) is 13.9. The molecule has 1 amide bonds. The zero-order valence-electron chi connectivity index (χ0n) is 13.6. The summed E-state index contributed by atoms with van der Waals surface area (Å²) in [6.07, 6.45) is 3.03. The Morgan fingerprint density at radius 3 is 2.96 bits per heavy atom. The molecule has 1 N–H and O–H groups in total. The average molecular weight is 342 g/mol. The zero-order chi connectivity index (χ0) is 16.9. The molecule has 5 heteroatoms. The maximum atomic E-state index is 12.0. The number of fused-ring (bicyclic) bond motifs is 1. The number of carbonyl (C=O) groups is 1. The number of carbonyl (C=O) groups excluding carboxylic acids is 1. The molecule has 4 nitrogen and oxygen atoms in total. The second kappa shape index (κ2) is 7.49. The summed E-state index contributed by atoms with van der Waals surface area (Å²) in [7, 11) is 0. The lowest BCUT2D eigenvalue weighted by molar-refractivity contribution is -0.121. The van der Waals surface area contributed by atoms with Crippen LogP contribution >= 0.6 is 11.6 Å². The van der Waals surface area contributed by atoms with Gasteiger partial charge in [-0.05, 0) is 42.7 Å². The van der Waals surface area contributed by atoms with Crippen LogP contribution in [0.25, 0.3) is 10.9 Å². The minimum Gasteiger partial charge on any atom is -0.356 e. The molecule has 0 aliphatic carbocycles. The van der Waals surface area contributed by atoms with Gasteiger partial charge in [-0.15, -0.1) is 0 Å². The van der Waals surface area contributed by atoms with Crippen LogP contribution in [0.5, 0.6) is 0 Å². The second-order valence-corrected chi connectivity index (χ2v) is 6.35. The summed E-state index contributed by atoms with van der Waals surface area (Å²) in [5.41, 5.74) is 3.38. The first-order valence-electron chi connectivity index (χ1n) is 8.05. The van der Waals surface area contributed by atoms with E-state index in [2.05, 4.69) is 35.5 Å².